The van der Waals surface area contributed by atoms with Crippen LogP contribution in [0.2, 0.25) is 0 Å². The number of hydrogen-bond donors (Lipinski definition) is 0. The minimum atomic E-state index is -5.39. The van der Waals surface area contributed by atoms with Gasteiger partial charge in [0.05, 0.1) is 8.41 Å². The van der Waals surface area contributed by atoms with Crippen molar-refractivity contribution in [1.29, 1.82) is 0 Å². The maximum atomic E-state index is 8.55. The van der Waals surface area contributed by atoms with E-state index in [2.05, 4.69) is 0 Å². The van der Waals surface area contributed by atoms with Gasteiger partial charge in [-0.2, -0.15) is 15.6 Å². The summed E-state index contributed by atoms with van der Waals surface area (Å²) in [7, 11) is -10.8. The van der Waals surface area contributed by atoms with Crippen LogP contribution in [-0.4, -0.2) is 8.41 Å². The van der Waals surface area contributed by atoms with Crippen molar-refractivity contribution >= 4 is 24.1 Å². The Labute approximate surface area is 135 Å². The molecule has 1 radical (unpaired) electrons. The third-order valence-electron chi connectivity index (χ3n) is 0. The van der Waals surface area contributed by atoms with Crippen LogP contribution in [0.15, 0.2) is 0 Å². The van der Waals surface area contributed by atoms with Gasteiger partial charge in [-0.25, -0.2) is 0 Å². The first-order chi connectivity index (χ1) is 4.00. The van der Waals surface area contributed by atoms with Crippen LogP contribution in [0.25, 0.3) is 0 Å². The van der Waals surface area contributed by atoms with Gasteiger partial charge in [-0.1, -0.05) is 0 Å². The van der Waals surface area contributed by atoms with Crippen LogP contribution in [-0.2, 0) is 26.2 Å². The second kappa shape index (κ2) is 18.9. The molecule has 15 heavy (non-hydrogen) atoms. The fourth-order valence-electron chi connectivity index (χ4n) is 0. The molecular weight excluding hydrogens is 277 g/mol. The van der Waals surface area contributed by atoms with Crippen molar-refractivity contribution in [3.63, 3.8) is 0 Å². The Balaban J connectivity index is -0.0000000128. The third kappa shape index (κ3) is 524. The van der Waals surface area contributed by atoms with Gasteiger partial charge < -0.3 is 38.5 Å². The second-order valence-corrected chi connectivity index (χ2v) is 2.68. The van der Waals surface area contributed by atoms with E-state index in [1.165, 1.54) is 0 Å². The van der Waals surface area contributed by atoms with Crippen LogP contribution in [0.4, 0.5) is 0 Å². The van der Waals surface area contributed by atoms with Gasteiger partial charge in [0.1, 0.15) is 0 Å². The van der Waals surface area contributed by atoms with E-state index in [1.54, 1.807) is 0 Å². The standard InChI is InChI=1S/BH3.Fe.3Li.2H3O4P/c;;;;;2*1-5(2,3)4/h1H3;;;;;2*(H3,1,2,3,4)/q;+3;3*+1;;/p-6. The van der Waals surface area contributed by atoms with Crippen LogP contribution in [0.3, 0.4) is 0 Å². The Kier molecular flexibility index (Phi) is 54.5. The smallest absolute Gasteiger partial charge is 0.822 e. The van der Waals surface area contributed by atoms with Crippen molar-refractivity contribution in [1.82, 2.24) is 0 Å². The number of phosphoric acid groups is 2. The molecular formula is H3BFeLi3O8P2. The van der Waals surface area contributed by atoms with Gasteiger partial charge in [-0.05, 0) is 0 Å². The predicted molar refractivity (Wildman–Crippen MR) is 25.2 cm³/mol. The first-order valence-corrected chi connectivity index (χ1v) is 4.38. The summed E-state index contributed by atoms with van der Waals surface area (Å²) >= 11 is 0. The summed E-state index contributed by atoms with van der Waals surface area (Å²) in [5.41, 5.74) is 0. The van der Waals surface area contributed by atoms with Crippen molar-refractivity contribution in [2.24, 2.45) is 0 Å². The minimum absolute atomic E-state index is 0. The fraction of sp³-hybridized carbons (Fsp3) is 0. The molecule has 15 heteroatoms. The molecule has 0 aromatic carbocycles. The van der Waals surface area contributed by atoms with Gasteiger partial charge in [-0.15, -0.1) is 0 Å². The van der Waals surface area contributed by atoms with E-state index in [1.807, 2.05) is 0 Å². The van der Waals surface area contributed by atoms with E-state index in [-0.39, 0.29) is 82.1 Å². The molecule has 0 bridgehead atoms. The molecule has 0 aliphatic rings. The maximum absolute atomic E-state index is 8.55. The predicted octanol–water partition coefficient (Wildman–Crippen LogP) is -15.8. The summed E-state index contributed by atoms with van der Waals surface area (Å²) in [6, 6.07) is 0. The molecule has 0 aliphatic carbocycles. The summed E-state index contributed by atoms with van der Waals surface area (Å²) in [6.07, 6.45) is 0. The average Bonchev–Trinajstić information content (AvgIpc) is 1.12. The van der Waals surface area contributed by atoms with Crippen molar-refractivity contribution in [2.45, 2.75) is 0 Å². The van der Waals surface area contributed by atoms with Crippen LogP contribution in [0.1, 0.15) is 0 Å². The fourth-order valence-corrected chi connectivity index (χ4v) is 0. The SMILES string of the molecule is B.O=P([O-])([O-])[O-].O=P([O-])([O-])[O-].[Fe+3].[Li+].[Li+].[Li+]. The molecule has 75 valence electrons. The summed E-state index contributed by atoms with van der Waals surface area (Å²) in [4.78, 5) is 51.3. The Morgan fingerprint density at radius 2 is 0.600 bits per heavy atom. The normalized spacial score (nSPS) is 7.87. The van der Waals surface area contributed by atoms with E-state index in [0.717, 1.165) is 0 Å². The van der Waals surface area contributed by atoms with Crippen molar-refractivity contribution in [2.75, 3.05) is 0 Å². The van der Waals surface area contributed by atoms with Crippen LogP contribution >= 0.6 is 15.6 Å². The molecule has 0 aromatic heterocycles. The zero-order chi connectivity index (χ0) is 9.00. The number of rotatable bonds is 0. The van der Waals surface area contributed by atoms with Gasteiger partial charge >= 0.3 is 73.7 Å². The minimum Gasteiger partial charge on any atom is -0.822 e. The summed E-state index contributed by atoms with van der Waals surface area (Å²) in [6.45, 7) is 0. The Bertz CT molecular complexity index is 140. The van der Waals surface area contributed by atoms with E-state index >= 15 is 0 Å². The number of hydrogen-bond acceptors (Lipinski definition) is 8. The largest absolute Gasteiger partial charge is 3.00 e. The molecule has 0 aliphatic heterocycles. The molecule has 8 nitrogen and oxygen atoms in total. The molecule has 0 unspecified atom stereocenters. The van der Waals surface area contributed by atoms with E-state index < -0.39 is 15.6 Å². The van der Waals surface area contributed by atoms with Crippen molar-refractivity contribution < 1.29 is 112 Å². The quantitative estimate of drug-likeness (QED) is 0.310. The van der Waals surface area contributed by atoms with Gasteiger partial charge in [0.2, 0.25) is 0 Å². The van der Waals surface area contributed by atoms with Gasteiger partial charge in [0.25, 0.3) is 0 Å². The molecule has 0 atom stereocenters. The van der Waals surface area contributed by atoms with Gasteiger partial charge in [-0.3, -0.25) is 0 Å². The van der Waals surface area contributed by atoms with Crippen LogP contribution in [0, 0.1) is 0 Å². The molecule has 0 saturated heterocycles. The molecule has 0 amide bonds. The van der Waals surface area contributed by atoms with Gasteiger partial charge in [0, 0.05) is 0 Å². The molecule has 0 rings (SSSR count). The maximum Gasteiger partial charge on any atom is 3.00 e. The zero-order valence-electron chi connectivity index (χ0n) is 7.51. The summed E-state index contributed by atoms with van der Waals surface area (Å²) < 4.78 is 17.1. The van der Waals surface area contributed by atoms with Crippen LogP contribution < -0.4 is 85.9 Å². The summed E-state index contributed by atoms with van der Waals surface area (Å²) in [5.74, 6) is 0. The molecule has 0 spiro atoms. The summed E-state index contributed by atoms with van der Waals surface area (Å²) in [5, 5.41) is 0. The Hall–Kier alpha value is 2.60. The second-order valence-electron chi connectivity index (χ2n) is 0.894. The van der Waals surface area contributed by atoms with E-state index in [9.17, 15) is 0 Å². The van der Waals surface area contributed by atoms with Gasteiger partial charge in [0.15, 0.2) is 0 Å². The molecule has 0 saturated carbocycles. The first-order valence-electron chi connectivity index (χ1n) is 1.46. The van der Waals surface area contributed by atoms with Crippen molar-refractivity contribution in [3.8, 4) is 0 Å². The van der Waals surface area contributed by atoms with E-state index in [4.69, 9.17) is 38.5 Å². The Morgan fingerprint density at radius 1 is 0.600 bits per heavy atom. The Morgan fingerprint density at radius 3 is 0.600 bits per heavy atom. The first kappa shape index (κ1) is 43.2. The average molecular weight is 280 g/mol. The topological polar surface area (TPSA) is 172 Å². The van der Waals surface area contributed by atoms with Crippen LogP contribution in [0.5, 0.6) is 0 Å². The zero-order valence-corrected chi connectivity index (χ0v) is 10.4. The molecule has 0 fully saturated rings. The molecule has 0 heterocycles. The molecule has 0 aromatic rings. The molecule has 0 N–H and O–H groups in total. The van der Waals surface area contributed by atoms with Crippen molar-refractivity contribution in [3.05, 3.63) is 0 Å². The third-order valence-corrected chi connectivity index (χ3v) is 0. The van der Waals surface area contributed by atoms with E-state index in [0.29, 0.717) is 0 Å². The monoisotopic (exact) mass is 281 g/mol.